The van der Waals surface area contributed by atoms with E-state index in [1.807, 2.05) is 0 Å². The molecule has 40 heavy (non-hydrogen) atoms. The standard InChI is InChI=1S/C27H26F4N4O5/c1-38-21-8-7-16(13-22(21)39-2)25(37)34-12-9-18(23-19(34)14-32-35(23)15-26(28)10-11-26)33-24(36)17-5-3-4-6-20(17)40-27(29,30)31/h3-8,13-14,18H,9-12,15H2,1-2H3,(H,33,36). The Morgan fingerprint density at radius 2 is 1.80 bits per heavy atom. The van der Waals surface area contributed by atoms with Gasteiger partial charge in [-0.2, -0.15) is 5.10 Å². The third-order valence-electron chi connectivity index (χ3n) is 6.89. The van der Waals surface area contributed by atoms with Gasteiger partial charge in [0.1, 0.15) is 11.4 Å². The first-order chi connectivity index (χ1) is 19.0. The van der Waals surface area contributed by atoms with Crippen LogP contribution in [0.4, 0.5) is 23.2 Å². The lowest BCUT2D eigenvalue weighted by Gasteiger charge is -2.33. The molecule has 1 N–H and O–H groups in total. The van der Waals surface area contributed by atoms with Gasteiger partial charge in [0.2, 0.25) is 0 Å². The molecule has 0 spiro atoms. The van der Waals surface area contributed by atoms with Crippen molar-refractivity contribution in [1.29, 1.82) is 0 Å². The van der Waals surface area contributed by atoms with E-state index in [1.165, 1.54) is 54.3 Å². The number of para-hydroxylation sites is 1. The Hall–Kier alpha value is -4.29. The molecule has 3 aromatic rings. The smallest absolute Gasteiger partial charge is 0.493 e. The fourth-order valence-electron chi connectivity index (χ4n) is 4.74. The number of carbonyl (C=O) groups excluding carboxylic acids is 2. The Morgan fingerprint density at radius 1 is 1.07 bits per heavy atom. The summed E-state index contributed by atoms with van der Waals surface area (Å²) < 4.78 is 69.5. The summed E-state index contributed by atoms with van der Waals surface area (Å²) in [6.45, 7) is 0.0686. The van der Waals surface area contributed by atoms with Crippen molar-refractivity contribution in [2.24, 2.45) is 0 Å². The summed E-state index contributed by atoms with van der Waals surface area (Å²) in [7, 11) is 2.93. The number of hydrogen-bond donors (Lipinski definition) is 1. The van der Waals surface area contributed by atoms with E-state index in [1.54, 1.807) is 12.1 Å². The first-order valence-electron chi connectivity index (χ1n) is 12.5. The summed E-state index contributed by atoms with van der Waals surface area (Å²) in [4.78, 5) is 28.2. The fraction of sp³-hybridized carbons (Fsp3) is 0.370. The van der Waals surface area contributed by atoms with Crippen LogP contribution in [-0.4, -0.2) is 54.4 Å². The van der Waals surface area contributed by atoms with Crippen molar-refractivity contribution in [2.45, 2.75) is 43.9 Å². The topological polar surface area (TPSA) is 94.9 Å². The summed E-state index contributed by atoms with van der Waals surface area (Å²) in [6.07, 6.45) is -2.65. The molecule has 1 saturated carbocycles. The molecule has 1 atom stereocenters. The monoisotopic (exact) mass is 562 g/mol. The van der Waals surface area contributed by atoms with Crippen LogP contribution < -0.4 is 24.4 Å². The van der Waals surface area contributed by atoms with Gasteiger partial charge in [0.25, 0.3) is 11.8 Å². The highest BCUT2D eigenvalue weighted by Crippen LogP contribution is 2.43. The van der Waals surface area contributed by atoms with Crippen LogP contribution in [0.3, 0.4) is 0 Å². The van der Waals surface area contributed by atoms with Crippen LogP contribution in [0.1, 0.15) is 51.7 Å². The van der Waals surface area contributed by atoms with Crippen molar-refractivity contribution in [3.63, 3.8) is 0 Å². The molecule has 1 aliphatic carbocycles. The molecule has 1 aromatic heterocycles. The molecule has 0 saturated heterocycles. The molecule has 2 aliphatic rings. The lowest BCUT2D eigenvalue weighted by molar-refractivity contribution is -0.274. The number of methoxy groups -OCH3 is 2. The summed E-state index contributed by atoms with van der Waals surface area (Å²) in [5.41, 5.74) is -0.717. The molecule has 2 aromatic carbocycles. The van der Waals surface area contributed by atoms with E-state index < -0.39 is 29.7 Å². The molecule has 1 fully saturated rings. The molecular weight excluding hydrogens is 536 g/mol. The van der Waals surface area contributed by atoms with Crippen LogP contribution in [-0.2, 0) is 6.54 Å². The lowest BCUT2D eigenvalue weighted by atomic mass is 10.0. The van der Waals surface area contributed by atoms with Crippen LogP contribution in [0, 0.1) is 0 Å². The number of nitrogens with one attached hydrogen (secondary N) is 1. The van der Waals surface area contributed by atoms with Crippen LogP contribution in [0.25, 0.3) is 0 Å². The van der Waals surface area contributed by atoms with E-state index in [-0.39, 0.29) is 31.0 Å². The Bertz CT molecular complexity index is 1440. The average Bonchev–Trinajstić information content (AvgIpc) is 3.51. The zero-order chi connectivity index (χ0) is 28.7. The number of fused-ring (bicyclic) bond motifs is 1. The number of aromatic nitrogens is 2. The Labute approximate surface area is 226 Å². The average molecular weight is 563 g/mol. The Morgan fingerprint density at radius 3 is 2.48 bits per heavy atom. The van der Waals surface area contributed by atoms with Crippen molar-refractivity contribution in [2.75, 3.05) is 25.7 Å². The molecule has 212 valence electrons. The molecule has 0 bridgehead atoms. The van der Waals surface area contributed by atoms with Crippen molar-refractivity contribution < 1.29 is 41.4 Å². The maximum Gasteiger partial charge on any atom is 0.573 e. The fourth-order valence-corrected chi connectivity index (χ4v) is 4.74. The molecule has 2 amide bonds. The number of hydrogen-bond acceptors (Lipinski definition) is 6. The van der Waals surface area contributed by atoms with Gasteiger partial charge in [-0.05, 0) is 49.6 Å². The first-order valence-corrected chi connectivity index (χ1v) is 12.5. The van der Waals surface area contributed by atoms with Crippen LogP contribution in [0.5, 0.6) is 17.2 Å². The van der Waals surface area contributed by atoms with Crippen molar-refractivity contribution in [1.82, 2.24) is 15.1 Å². The zero-order valence-electron chi connectivity index (χ0n) is 21.6. The van der Waals surface area contributed by atoms with Crippen molar-refractivity contribution in [3.05, 3.63) is 65.5 Å². The number of halogens is 4. The van der Waals surface area contributed by atoms with Crippen LogP contribution >= 0.6 is 0 Å². The van der Waals surface area contributed by atoms with Gasteiger partial charge < -0.3 is 24.4 Å². The summed E-state index contributed by atoms with van der Waals surface area (Å²) in [5, 5.41) is 7.06. The number of nitrogens with zero attached hydrogens (tertiary/aromatic N) is 3. The SMILES string of the molecule is COc1ccc(C(=O)N2CCC(NC(=O)c3ccccc3OC(F)(F)F)c3c2cnn3CC2(F)CC2)cc1OC. The summed E-state index contributed by atoms with van der Waals surface area (Å²) >= 11 is 0. The summed E-state index contributed by atoms with van der Waals surface area (Å²) in [5.74, 6) is -1.04. The second kappa shape index (κ2) is 10.4. The van der Waals surface area contributed by atoms with E-state index in [9.17, 15) is 27.2 Å². The Balaban J connectivity index is 1.46. The molecular formula is C27H26F4N4O5. The van der Waals surface area contributed by atoms with Crippen LogP contribution in [0.15, 0.2) is 48.7 Å². The van der Waals surface area contributed by atoms with Gasteiger partial charge in [-0.1, -0.05) is 12.1 Å². The maximum atomic E-state index is 14.8. The number of rotatable bonds is 8. The minimum atomic E-state index is -4.99. The second-order valence-electron chi connectivity index (χ2n) is 9.61. The normalized spacial score (nSPS) is 17.6. The van der Waals surface area contributed by atoms with E-state index in [0.717, 1.165) is 6.07 Å². The number of alkyl halides is 4. The van der Waals surface area contributed by atoms with Gasteiger partial charge >= 0.3 is 6.36 Å². The highest BCUT2D eigenvalue weighted by Gasteiger charge is 2.45. The number of amides is 2. The second-order valence-corrected chi connectivity index (χ2v) is 9.61. The predicted molar refractivity (Wildman–Crippen MR) is 134 cm³/mol. The first kappa shape index (κ1) is 27.3. The molecule has 1 unspecified atom stereocenters. The molecule has 1 aliphatic heterocycles. The number of anilines is 1. The van der Waals surface area contributed by atoms with Crippen LogP contribution in [0.2, 0.25) is 0 Å². The Kier molecular flexibility index (Phi) is 7.06. The third kappa shape index (κ3) is 5.54. The molecule has 0 radical (unpaired) electrons. The van der Waals surface area contributed by atoms with E-state index in [4.69, 9.17) is 9.47 Å². The van der Waals surface area contributed by atoms with E-state index in [0.29, 0.717) is 41.3 Å². The zero-order valence-corrected chi connectivity index (χ0v) is 21.6. The predicted octanol–water partition coefficient (Wildman–Crippen LogP) is 4.82. The van der Waals surface area contributed by atoms with Gasteiger partial charge in [0, 0.05) is 12.1 Å². The van der Waals surface area contributed by atoms with E-state index >= 15 is 0 Å². The van der Waals surface area contributed by atoms with E-state index in [2.05, 4.69) is 15.2 Å². The molecule has 5 rings (SSSR count). The highest BCUT2D eigenvalue weighted by atomic mass is 19.4. The van der Waals surface area contributed by atoms with Crippen molar-refractivity contribution >= 4 is 17.5 Å². The quantitative estimate of drug-likeness (QED) is 0.396. The minimum Gasteiger partial charge on any atom is -0.493 e. The summed E-state index contributed by atoms with van der Waals surface area (Å²) in [6, 6.07) is 8.95. The lowest BCUT2D eigenvalue weighted by Crippen LogP contribution is -2.42. The minimum absolute atomic E-state index is 0.0825. The van der Waals surface area contributed by atoms with Gasteiger partial charge in [-0.15, -0.1) is 13.2 Å². The van der Waals surface area contributed by atoms with Gasteiger partial charge in [0.05, 0.1) is 49.9 Å². The number of ether oxygens (including phenoxy) is 3. The molecule has 9 nitrogen and oxygen atoms in total. The number of carbonyl (C=O) groups is 2. The highest BCUT2D eigenvalue weighted by molar-refractivity contribution is 6.07. The maximum absolute atomic E-state index is 14.8. The van der Waals surface area contributed by atoms with Gasteiger partial charge in [-0.25, -0.2) is 4.39 Å². The van der Waals surface area contributed by atoms with Crippen molar-refractivity contribution in [3.8, 4) is 17.2 Å². The van der Waals surface area contributed by atoms with Gasteiger partial charge in [-0.3, -0.25) is 14.3 Å². The van der Waals surface area contributed by atoms with Gasteiger partial charge in [0.15, 0.2) is 11.5 Å². The molecule has 2 heterocycles. The largest absolute Gasteiger partial charge is 0.573 e. The molecule has 13 heteroatoms. The third-order valence-corrected chi connectivity index (χ3v) is 6.89. The number of benzene rings is 2.